The summed E-state index contributed by atoms with van der Waals surface area (Å²) >= 11 is 0. The fourth-order valence-corrected chi connectivity index (χ4v) is 2.23. The van der Waals surface area contributed by atoms with E-state index in [4.69, 9.17) is 0 Å². The summed E-state index contributed by atoms with van der Waals surface area (Å²) in [6, 6.07) is 3.89. The maximum absolute atomic E-state index is 11.1. The number of nitrogens with one attached hydrogen (secondary N) is 1. The lowest BCUT2D eigenvalue weighted by Gasteiger charge is -2.18. The molecule has 1 N–H and O–H groups in total. The van der Waals surface area contributed by atoms with Gasteiger partial charge in [-0.2, -0.15) is 0 Å². The van der Waals surface area contributed by atoms with Crippen LogP contribution in [0.15, 0.2) is 18.3 Å². The number of rotatable bonds is 7. The molecule has 1 rings (SSSR count). The third kappa shape index (κ3) is 5.46. The third-order valence-corrected chi connectivity index (χ3v) is 3.44. The second kappa shape index (κ2) is 6.70. The summed E-state index contributed by atoms with van der Waals surface area (Å²) in [5.74, 6) is 1.05. The van der Waals surface area contributed by atoms with Gasteiger partial charge in [-0.3, -0.25) is 0 Å². The lowest BCUT2D eigenvalue weighted by atomic mass is 10.2. The van der Waals surface area contributed by atoms with Crippen molar-refractivity contribution in [2.45, 2.75) is 13.5 Å². The molecule has 18 heavy (non-hydrogen) atoms. The number of nitrogens with zero attached hydrogens (tertiary/aromatic N) is 2. The van der Waals surface area contributed by atoms with Crippen LogP contribution < -0.4 is 5.32 Å². The van der Waals surface area contributed by atoms with E-state index in [1.807, 2.05) is 31.0 Å². The monoisotopic (exact) mass is 271 g/mol. The zero-order valence-electron chi connectivity index (χ0n) is 11.2. The predicted octanol–water partition coefficient (Wildman–Crippen LogP) is 0.990. The largest absolute Gasteiger partial charge is 0.370 e. The lowest BCUT2D eigenvalue weighted by molar-refractivity contribution is 0.346. The Morgan fingerprint density at radius 2 is 2.17 bits per heavy atom. The molecule has 0 aliphatic heterocycles. The van der Waals surface area contributed by atoms with Gasteiger partial charge in [0.1, 0.15) is 15.7 Å². The Balaban J connectivity index is 2.61. The third-order valence-electron chi connectivity index (χ3n) is 2.52. The van der Waals surface area contributed by atoms with E-state index in [1.54, 1.807) is 6.20 Å². The predicted molar refractivity (Wildman–Crippen MR) is 74.4 cm³/mol. The first kappa shape index (κ1) is 14.9. The van der Waals surface area contributed by atoms with Crippen molar-refractivity contribution in [3.05, 3.63) is 23.9 Å². The van der Waals surface area contributed by atoms with Gasteiger partial charge in [-0.05, 0) is 20.0 Å². The highest BCUT2D eigenvalue weighted by molar-refractivity contribution is 7.90. The smallest absolute Gasteiger partial charge is 0.148 e. The molecule has 0 radical (unpaired) electrons. The zero-order valence-corrected chi connectivity index (χ0v) is 12.0. The van der Waals surface area contributed by atoms with Crippen LogP contribution >= 0.6 is 0 Å². The van der Waals surface area contributed by atoms with Gasteiger partial charge in [-0.1, -0.05) is 6.07 Å². The zero-order chi connectivity index (χ0) is 13.6. The highest BCUT2D eigenvalue weighted by Gasteiger charge is 2.08. The molecule has 0 aliphatic rings. The van der Waals surface area contributed by atoms with Gasteiger partial charge in [-0.15, -0.1) is 0 Å². The number of sulfone groups is 1. The highest BCUT2D eigenvalue weighted by atomic mass is 32.2. The topological polar surface area (TPSA) is 62.3 Å². The van der Waals surface area contributed by atoms with E-state index in [9.17, 15) is 8.42 Å². The van der Waals surface area contributed by atoms with Crippen LogP contribution in [0.3, 0.4) is 0 Å². The Kier molecular flexibility index (Phi) is 5.55. The van der Waals surface area contributed by atoms with Crippen molar-refractivity contribution in [2.24, 2.45) is 0 Å². The average molecular weight is 271 g/mol. The minimum Gasteiger partial charge on any atom is -0.370 e. The Bertz CT molecular complexity index is 474. The van der Waals surface area contributed by atoms with Crippen molar-refractivity contribution < 1.29 is 8.42 Å². The van der Waals surface area contributed by atoms with Crippen molar-refractivity contribution in [1.82, 2.24) is 9.88 Å². The fraction of sp³-hybridized carbons (Fsp3) is 0.583. The molecule has 0 spiro atoms. The molecule has 5 nitrogen and oxygen atoms in total. The van der Waals surface area contributed by atoms with Gasteiger partial charge in [-0.25, -0.2) is 13.4 Å². The first-order valence-corrected chi connectivity index (χ1v) is 8.02. The van der Waals surface area contributed by atoms with Gasteiger partial charge in [0.2, 0.25) is 0 Å². The van der Waals surface area contributed by atoms with E-state index in [-0.39, 0.29) is 5.75 Å². The van der Waals surface area contributed by atoms with E-state index in [1.165, 1.54) is 6.26 Å². The first-order chi connectivity index (χ1) is 8.42. The van der Waals surface area contributed by atoms with Gasteiger partial charge in [0.25, 0.3) is 0 Å². The van der Waals surface area contributed by atoms with Crippen LogP contribution in [0.4, 0.5) is 5.82 Å². The molecule has 0 atom stereocenters. The normalized spacial score (nSPS) is 11.8. The average Bonchev–Trinajstić information content (AvgIpc) is 2.29. The van der Waals surface area contributed by atoms with Crippen molar-refractivity contribution in [3.63, 3.8) is 0 Å². The van der Waals surface area contributed by atoms with Gasteiger partial charge in [0, 0.05) is 37.7 Å². The molecule has 102 valence electrons. The van der Waals surface area contributed by atoms with E-state index >= 15 is 0 Å². The van der Waals surface area contributed by atoms with Crippen LogP contribution in [-0.4, -0.2) is 50.4 Å². The van der Waals surface area contributed by atoms with E-state index in [2.05, 4.69) is 10.3 Å². The van der Waals surface area contributed by atoms with Crippen molar-refractivity contribution in [2.75, 3.05) is 37.5 Å². The second-order valence-electron chi connectivity index (χ2n) is 4.41. The number of hydrogen-bond acceptors (Lipinski definition) is 5. The van der Waals surface area contributed by atoms with Crippen molar-refractivity contribution in [1.29, 1.82) is 0 Å². The quantitative estimate of drug-likeness (QED) is 0.801. The van der Waals surface area contributed by atoms with Crippen molar-refractivity contribution >= 4 is 15.7 Å². The number of anilines is 1. The SMILES string of the molecule is CCNc1ncccc1CN(C)CCS(C)(=O)=O. The molecule has 0 fully saturated rings. The molecule has 0 aromatic carbocycles. The van der Waals surface area contributed by atoms with Crippen LogP contribution in [0.2, 0.25) is 0 Å². The van der Waals surface area contributed by atoms with Crippen LogP contribution in [-0.2, 0) is 16.4 Å². The van der Waals surface area contributed by atoms with Gasteiger partial charge in [0.15, 0.2) is 0 Å². The summed E-state index contributed by atoms with van der Waals surface area (Å²) in [5.41, 5.74) is 1.08. The van der Waals surface area contributed by atoms with Crippen LogP contribution in [0.5, 0.6) is 0 Å². The molecule has 1 heterocycles. The molecular weight excluding hydrogens is 250 g/mol. The van der Waals surface area contributed by atoms with Crippen LogP contribution in [0.1, 0.15) is 12.5 Å². The summed E-state index contributed by atoms with van der Waals surface area (Å²) in [6.07, 6.45) is 3.01. The lowest BCUT2D eigenvalue weighted by Crippen LogP contribution is -2.25. The van der Waals surface area contributed by atoms with Crippen LogP contribution in [0, 0.1) is 0 Å². The minimum absolute atomic E-state index is 0.181. The molecule has 0 aliphatic carbocycles. The molecular formula is C12H21N3O2S. The first-order valence-electron chi connectivity index (χ1n) is 5.96. The van der Waals surface area contributed by atoms with Gasteiger partial charge >= 0.3 is 0 Å². The summed E-state index contributed by atoms with van der Waals surface area (Å²) in [6.45, 7) is 4.05. The van der Waals surface area contributed by atoms with E-state index in [0.29, 0.717) is 13.1 Å². The number of hydrogen-bond donors (Lipinski definition) is 1. The Hall–Kier alpha value is -1.14. The summed E-state index contributed by atoms with van der Waals surface area (Å²) in [4.78, 5) is 6.26. The molecule has 0 saturated heterocycles. The maximum atomic E-state index is 11.1. The number of aromatic nitrogens is 1. The molecule has 0 unspecified atom stereocenters. The summed E-state index contributed by atoms with van der Waals surface area (Å²) < 4.78 is 22.2. The van der Waals surface area contributed by atoms with Gasteiger partial charge in [0.05, 0.1) is 5.75 Å². The van der Waals surface area contributed by atoms with Gasteiger partial charge < -0.3 is 10.2 Å². The Labute approximate surface area is 109 Å². The molecule has 0 amide bonds. The fourth-order valence-electron chi connectivity index (χ4n) is 1.58. The standard InChI is InChI=1S/C12H21N3O2S/c1-4-13-12-11(6-5-7-14-12)10-15(2)8-9-18(3,16)17/h5-7H,4,8-10H2,1-3H3,(H,13,14). The van der Waals surface area contributed by atoms with Crippen LogP contribution in [0.25, 0.3) is 0 Å². The number of pyridine rings is 1. The molecule has 0 saturated carbocycles. The molecule has 0 bridgehead atoms. The van der Waals surface area contributed by atoms with Crippen molar-refractivity contribution in [3.8, 4) is 0 Å². The summed E-state index contributed by atoms with van der Waals surface area (Å²) in [5, 5.41) is 3.20. The summed E-state index contributed by atoms with van der Waals surface area (Å²) in [7, 11) is -0.994. The highest BCUT2D eigenvalue weighted by Crippen LogP contribution is 2.13. The molecule has 6 heteroatoms. The van der Waals surface area contributed by atoms with E-state index < -0.39 is 9.84 Å². The maximum Gasteiger partial charge on any atom is 0.148 e. The molecule has 1 aromatic heterocycles. The van der Waals surface area contributed by atoms with E-state index in [0.717, 1.165) is 17.9 Å². The second-order valence-corrected chi connectivity index (χ2v) is 6.67. The minimum atomic E-state index is -2.90. The molecule has 1 aromatic rings. The Morgan fingerprint density at radius 1 is 1.44 bits per heavy atom. The Morgan fingerprint density at radius 3 is 2.78 bits per heavy atom.